The number of hydrogen-bond donors (Lipinski definition) is 1. The van der Waals surface area contributed by atoms with E-state index < -0.39 is 5.97 Å². The Morgan fingerprint density at radius 1 is 1.37 bits per heavy atom. The molecule has 19 heavy (non-hydrogen) atoms. The third-order valence-electron chi connectivity index (χ3n) is 2.40. The van der Waals surface area contributed by atoms with Gasteiger partial charge in [-0.3, -0.25) is 0 Å². The van der Waals surface area contributed by atoms with E-state index >= 15 is 0 Å². The Morgan fingerprint density at radius 3 is 2.84 bits per heavy atom. The summed E-state index contributed by atoms with van der Waals surface area (Å²) in [4.78, 5) is 24.1. The fraction of sp³-hybridized carbons (Fsp3) is 0.231. The average Bonchev–Trinajstić information content (AvgIpc) is 2.38. The van der Waals surface area contributed by atoms with Crippen molar-refractivity contribution in [3.63, 3.8) is 0 Å². The lowest BCUT2D eigenvalue weighted by Crippen LogP contribution is -1.99. The summed E-state index contributed by atoms with van der Waals surface area (Å²) in [6.45, 7) is 3.88. The second-order valence-corrected chi connectivity index (χ2v) is 4.98. The molecule has 0 radical (unpaired) electrons. The van der Waals surface area contributed by atoms with Crippen LogP contribution in [0.4, 0.5) is 0 Å². The number of aryl methyl sites for hydroxylation is 2. The summed E-state index contributed by atoms with van der Waals surface area (Å²) in [6.07, 6.45) is 2.33. The summed E-state index contributed by atoms with van der Waals surface area (Å²) in [6, 6.07) is 5.22. The molecule has 2 rings (SSSR count). The van der Waals surface area contributed by atoms with Crippen LogP contribution in [0.1, 0.15) is 28.9 Å². The molecule has 5 nitrogen and oxygen atoms in total. The molecular weight excluding hydrogens is 262 g/mol. The number of carbonyl (C=O) groups is 1. The molecule has 0 saturated heterocycles. The third kappa shape index (κ3) is 3.51. The van der Waals surface area contributed by atoms with Crippen LogP contribution >= 0.6 is 11.8 Å². The molecule has 0 saturated carbocycles. The predicted molar refractivity (Wildman–Crippen MR) is 71.5 cm³/mol. The Morgan fingerprint density at radius 2 is 2.16 bits per heavy atom. The lowest BCUT2D eigenvalue weighted by atomic mass is 10.3. The maximum Gasteiger partial charge on any atom is 0.354 e. The smallest absolute Gasteiger partial charge is 0.354 e. The van der Waals surface area contributed by atoms with Gasteiger partial charge in [-0.2, -0.15) is 0 Å². The maximum atomic E-state index is 10.9. The fourth-order valence-electron chi connectivity index (χ4n) is 1.55. The molecule has 1 N–H and O–H groups in total. The quantitative estimate of drug-likeness (QED) is 0.864. The van der Waals surface area contributed by atoms with Crippen molar-refractivity contribution in [1.82, 2.24) is 15.0 Å². The number of nitrogens with zero attached hydrogens (tertiary/aromatic N) is 3. The zero-order chi connectivity index (χ0) is 13.8. The largest absolute Gasteiger partial charge is 0.477 e. The van der Waals surface area contributed by atoms with E-state index in [1.54, 1.807) is 6.07 Å². The fourth-order valence-corrected chi connectivity index (χ4v) is 2.46. The van der Waals surface area contributed by atoms with Crippen molar-refractivity contribution in [3.05, 3.63) is 41.6 Å². The minimum Gasteiger partial charge on any atom is -0.477 e. The van der Waals surface area contributed by atoms with Crippen LogP contribution in [0.25, 0.3) is 0 Å². The van der Waals surface area contributed by atoms with Crippen LogP contribution in [0.2, 0.25) is 0 Å². The Labute approximate surface area is 115 Å². The number of pyridine rings is 1. The van der Waals surface area contributed by atoms with Crippen molar-refractivity contribution < 1.29 is 9.90 Å². The van der Waals surface area contributed by atoms with Gasteiger partial charge in [0.2, 0.25) is 0 Å². The summed E-state index contributed by atoms with van der Waals surface area (Å²) in [5.41, 5.74) is 1.01. The highest BCUT2D eigenvalue weighted by atomic mass is 32.2. The second kappa shape index (κ2) is 5.79. The first kappa shape index (κ1) is 13.5. The van der Waals surface area contributed by atoms with Crippen LogP contribution in [-0.2, 0) is 6.42 Å². The number of carboxylic acid groups (broad SMARTS) is 1. The molecule has 0 aliphatic rings. The van der Waals surface area contributed by atoms with Crippen molar-refractivity contribution in [3.8, 4) is 0 Å². The molecule has 0 aliphatic heterocycles. The molecule has 0 unspecified atom stereocenters. The van der Waals surface area contributed by atoms with E-state index in [1.165, 1.54) is 24.0 Å². The van der Waals surface area contributed by atoms with Gasteiger partial charge in [0.25, 0.3) is 0 Å². The van der Waals surface area contributed by atoms with E-state index in [2.05, 4.69) is 15.0 Å². The standard InChI is InChI=1S/C13H13N3O2S/c1-3-9-6-12(16-8(2)15-9)19-10-4-5-14-11(7-10)13(17)18/h4-7H,3H2,1-2H3,(H,17,18). The minimum absolute atomic E-state index is 0.0338. The summed E-state index contributed by atoms with van der Waals surface area (Å²) >= 11 is 1.41. The highest BCUT2D eigenvalue weighted by molar-refractivity contribution is 7.99. The molecule has 0 spiro atoms. The second-order valence-electron chi connectivity index (χ2n) is 3.88. The van der Waals surface area contributed by atoms with Gasteiger partial charge in [-0.25, -0.2) is 19.7 Å². The van der Waals surface area contributed by atoms with Crippen LogP contribution < -0.4 is 0 Å². The zero-order valence-electron chi connectivity index (χ0n) is 10.6. The average molecular weight is 275 g/mol. The van der Waals surface area contributed by atoms with Crippen LogP contribution in [0.3, 0.4) is 0 Å². The molecule has 0 atom stereocenters. The highest BCUT2D eigenvalue weighted by Crippen LogP contribution is 2.26. The van der Waals surface area contributed by atoms with Gasteiger partial charge in [0, 0.05) is 16.8 Å². The highest BCUT2D eigenvalue weighted by Gasteiger charge is 2.07. The lowest BCUT2D eigenvalue weighted by Gasteiger charge is -2.04. The number of aromatic carboxylic acids is 1. The molecule has 0 fully saturated rings. The van der Waals surface area contributed by atoms with Gasteiger partial charge in [-0.15, -0.1) is 0 Å². The molecule has 0 bridgehead atoms. The lowest BCUT2D eigenvalue weighted by molar-refractivity contribution is 0.0690. The topological polar surface area (TPSA) is 76.0 Å². The van der Waals surface area contributed by atoms with Crippen molar-refractivity contribution in [1.29, 1.82) is 0 Å². The summed E-state index contributed by atoms with van der Waals surface area (Å²) < 4.78 is 0. The molecule has 2 heterocycles. The van der Waals surface area contributed by atoms with Gasteiger partial charge >= 0.3 is 5.97 Å². The number of hydrogen-bond acceptors (Lipinski definition) is 5. The van der Waals surface area contributed by atoms with Crippen LogP contribution in [0.15, 0.2) is 34.3 Å². The first-order valence-electron chi connectivity index (χ1n) is 5.80. The van der Waals surface area contributed by atoms with Gasteiger partial charge < -0.3 is 5.11 Å². The van der Waals surface area contributed by atoms with Crippen molar-refractivity contribution >= 4 is 17.7 Å². The van der Waals surface area contributed by atoms with Gasteiger partial charge in [-0.1, -0.05) is 18.7 Å². The molecule has 2 aromatic heterocycles. The molecule has 2 aromatic rings. The number of carboxylic acids is 1. The normalized spacial score (nSPS) is 10.4. The van der Waals surface area contributed by atoms with E-state index in [9.17, 15) is 4.79 Å². The Balaban J connectivity index is 2.28. The molecule has 6 heteroatoms. The van der Waals surface area contributed by atoms with Gasteiger partial charge in [0.05, 0.1) is 0 Å². The SMILES string of the molecule is CCc1cc(Sc2ccnc(C(=O)O)c2)nc(C)n1. The molecule has 0 amide bonds. The minimum atomic E-state index is -1.03. The summed E-state index contributed by atoms with van der Waals surface area (Å²) in [7, 11) is 0. The van der Waals surface area contributed by atoms with E-state index in [1.807, 2.05) is 19.9 Å². The van der Waals surface area contributed by atoms with Crippen LogP contribution in [-0.4, -0.2) is 26.0 Å². The first-order valence-corrected chi connectivity index (χ1v) is 6.62. The molecule has 0 aromatic carbocycles. The van der Waals surface area contributed by atoms with Crippen molar-refractivity contribution in [2.24, 2.45) is 0 Å². The third-order valence-corrected chi connectivity index (χ3v) is 3.31. The predicted octanol–water partition coefficient (Wildman–Crippen LogP) is 2.59. The van der Waals surface area contributed by atoms with E-state index in [-0.39, 0.29) is 5.69 Å². The van der Waals surface area contributed by atoms with E-state index in [0.717, 1.165) is 27.9 Å². The molecular formula is C13H13N3O2S. The molecule has 0 aliphatic carbocycles. The number of aromatic nitrogens is 3. The Bertz CT molecular complexity index is 617. The maximum absolute atomic E-state index is 10.9. The van der Waals surface area contributed by atoms with Gasteiger partial charge in [-0.05, 0) is 31.5 Å². The van der Waals surface area contributed by atoms with E-state index in [0.29, 0.717) is 0 Å². The summed E-state index contributed by atoms with van der Waals surface area (Å²) in [5, 5.41) is 9.72. The first-order chi connectivity index (χ1) is 9.08. The van der Waals surface area contributed by atoms with Gasteiger partial charge in [0.1, 0.15) is 16.5 Å². The monoisotopic (exact) mass is 275 g/mol. The van der Waals surface area contributed by atoms with Gasteiger partial charge in [0.15, 0.2) is 0 Å². The van der Waals surface area contributed by atoms with Crippen molar-refractivity contribution in [2.75, 3.05) is 0 Å². The van der Waals surface area contributed by atoms with Crippen molar-refractivity contribution in [2.45, 2.75) is 30.2 Å². The summed E-state index contributed by atoms with van der Waals surface area (Å²) in [5.74, 6) is -0.315. The zero-order valence-corrected chi connectivity index (χ0v) is 11.4. The van der Waals surface area contributed by atoms with Crippen LogP contribution in [0.5, 0.6) is 0 Å². The molecule has 98 valence electrons. The Hall–Kier alpha value is -1.95. The van der Waals surface area contributed by atoms with E-state index in [4.69, 9.17) is 5.11 Å². The number of rotatable bonds is 4. The van der Waals surface area contributed by atoms with Crippen LogP contribution in [0, 0.1) is 6.92 Å². The Kier molecular flexibility index (Phi) is 4.11.